The minimum Gasteiger partial charge on any atom is -0.459 e. The summed E-state index contributed by atoms with van der Waals surface area (Å²) < 4.78 is 5.01. The molecule has 2 amide bonds. The van der Waals surface area contributed by atoms with Crippen molar-refractivity contribution in [2.75, 3.05) is 5.32 Å². The fourth-order valence-electron chi connectivity index (χ4n) is 2.51. The number of anilines is 1. The van der Waals surface area contributed by atoms with Gasteiger partial charge in [-0.15, -0.1) is 11.3 Å². The molecule has 2 aromatic heterocycles. The van der Waals surface area contributed by atoms with Gasteiger partial charge in [-0.3, -0.25) is 9.59 Å². The summed E-state index contributed by atoms with van der Waals surface area (Å²) in [7, 11) is 0. The quantitative estimate of drug-likeness (QED) is 0.717. The van der Waals surface area contributed by atoms with Gasteiger partial charge < -0.3 is 15.1 Å². The highest BCUT2D eigenvalue weighted by molar-refractivity contribution is 7.14. The molecule has 7 heteroatoms. The second-order valence-electron chi connectivity index (χ2n) is 6.02. The van der Waals surface area contributed by atoms with Gasteiger partial charge in [0.2, 0.25) is 5.91 Å². The number of benzene rings is 1. The maximum absolute atomic E-state index is 12.3. The number of hydrogen-bond donors (Lipinski definition) is 2. The fraction of sp³-hybridized carbons (Fsp3) is 0.211. The highest BCUT2D eigenvalue weighted by Gasteiger charge is 2.19. The molecular weight excluding hydrogens is 350 g/mol. The Morgan fingerprint density at radius 2 is 2.04 bits per heavy atom. The maximum atomic E-state index is 12.3. The molecule has 0 aliphatic heterocycles. The van der Waals surface area contributed by atoms with E-state index in [0.29, 0.717) is 5.13 Å². The van der Waals surface area contributed by atoms with Gasteiger partial charge in [0, 0.05) is 10.9 Å². The molecule has 0 saturated heterocycles. The van der Waals surface area contributed by atoms with E-state index in [-0.39, 0.29) is 11.7 Å². The van der Waals surface area contributed by atoms with Crippen LogP contribution in [-0.2, 0) is 4.79 Å². The van der Waals surface area contributed by atoms with E-state index in [0.717, 1.165) is 16.8 Å². The Hall–Kier alpha value is -2.93. The Morgan fingerprint density at radius 1 is 1.23 bits per heavy atom. The zero-order valence-corrected chi connectivity index (χ0v) is 15.5. The molecule has 6 nitrogen and oxygen atoms in total. The van der Waals surface area contributed by atoms with Crippen LogP contribution in [0.1, 0.15) is 28.6 Å². The lowest BCUT2D eigenvalue weighted by Crippen LogP contribution is -2.41. The van der Waals surface area contributed by atoms with Gasteiger partial charge in [0.15, 0.2) is 10.9 Å². The number of hydrogen-bond acceptors (Lipinski definition) is 5. The second kappa shape index (κ2) is 7.53. The van der Waals surface area contributed by atoms with Crippen molar-refractivity contribution >= 4 is 28.3 Å². The molecule has 0 aliphatic rings. The van der Waals surface area contributed by atoms with Crippen molar-refractivity contribution < 1.29 is 14.0 Å². The highest BCUT2D eigenvalue weighted by atomic mass is 32.1. The number of aryl methyl sites for hydroxylation is 2. The molecule has 0 aliphatic carbocycles. The molecular formula is C19H19N3O3S. The van der Waals surface area contributed by atoms with Crippen LogP contribution >= 0.6 is 11.3 Å². The summed E-state index contributed by atoms with van der Waals surface area (Å²) in [6.45, 7) is 5.68. The van der Waals surface area contributed by atoms with Gasteiger partial charge in [-0.05, 0) is 38.5 Å². The minimum absolute atomic E-state index is 0.163. The van der Waals surface area contributed by atoms with Gasteiger partial charge in [-0.1, -0.05) is 23.8 Å². The smallest absolute Gasteiger partial charge is 0.287 e. The van der Waals surface area contributed by atoms with Gasteiger partial charge in [0.1, 0.15) is 6.04 Å². The Balaban J connectivity index is 1.64. The van der Waals surface area contributed by atoms with Crippen molar-refractivity contribution in [1.82, 2.24) is 10.3 Å². The maximum Gasteiger partial charge on any atom is 0.287 e. The van der Waals surface area contributed by atoms with Crippen LogP contribution in [0.2, 0.25) is 0 Å². The van der Waals surface area contributed by atoms with Crippen LogP contribution in [0.5, 0.6) is 0 Å². The number of carbonyl (C=O) groups excluding carboxylic acids is 2. The monoisotopic (exact) mass is 369 g/mol. The third-order valence-electron chi connectivity index (χ3n) is 3.88. The number of amides is 2. The van der Waals surface area contributed by atoms with Crippen molar-refractivity contribution in [2.45, 2.75) is 26.8 Å². The molecule has 1 aromatic carbocycles. The standard InChI is InChI=1S/C19H19N3O3S/c1-11-6-7-14(12(2)9-11)15-10-26-19(21-15)22-17(23)13(3)20-18(24)16-5-4-8-25-16/h4-10,13H,1-3H3,(H,20,24)(H,21,22,23). The number of carbonyl (C=O) groups is 2. The van der Waals surface area contributed by atoms with E-state index >= 15 is 0 Å². The van der Waals surface area contributed by atoms with Crippen LogP contribution in [0, 0.1) is 13.8 Å². The zero-order chi connectivity index (χ0) is 18.7. The van der Waals surface area contributed by atoms with Crippen molar-refractivity contribution in [3.8, 4) is 11.3 Å². The van der Waals surface area contributed by atoms with Crippen LogP contribution < -0.4 is 10.6 Å². The van der Waals surface area contributed by atoms with E-state index in [1.54, 1.807) is 13.0 Å². The molecule has 2 heterocycles. The van der Waals surface area contributed by atoms with Crippen molar-refractivity contribution in [3.63, 3.8) is 0 Å². The van der Waals surface area contributed by atoms with Crippen LogP contribution in [0.3, 0.4) is 0 Å². The Labute approximate surface area is 155 Å². The first kappa shape index (κ1) is 17.9. The number of nitrogens with zero attached hydrogens (tertiary/aromatic N) is 1. The lowest BCUT2D eigenvalue weighted by atomic mass is 10.0. The Kier molecular flexibility index (Phi) is 5.18. The first-order valence-electron chi connectivity index (χ1n) is 8.12. The molecule has 1 atom stereocenters. The average molecular weight is 369 g/mol. The van der Waals surface area contributed by atoms with Crippen LogP contribution in [-0.4, -0.2) is 22.8 Å². The first-order chi connectivity index (χ1) is 12.4. The number of aromatic nitrogens is 1. The molecule has 0 bridgehead atoms. The fourth-order valence-corrected chi connectivity index (χ4v) is 3.22. The SMILES string of the molecule is Cc1ccc(-c2csc(NC(=O)C(C)NC(=O)c3ccco3)n2)c(C)c1. The van der Waals surface area contributed by atoms with E-state index in [2.05, 4.69) is 21.7 Å². The summed E-state index contributed by atoms with van der Waals surface area (Å²) in [5.74, 6) is -0.616. The molecule has 3 rings (SSSR count). The lowest BCUT2D eigenvalue weighted by molar-refractivity contribution is -0.117. The summed E-state index contributed by atoms with van der Waals surface area (Å²) in [4.78, 5) is 28.7. The molecule has 2 N–H and O–H groups in total. The third-order valence-corrected chi connectivity index (χ3v) is 4.64. The number of thiazole rings is 1. The van der Waals surface area contributed by atoms with Gasteiger partial charge in [0.25, 0.3) is 5.91 Å². The minimum atomic E-state index is -0.721. The van der Waals surface area contributed by atoms with E-state index in [1.807, 2.05) is 31.4 Å². The summed E-state index contributed by atoms with van der Waals surface area (Å²) in [5.41, 5.74) is 4.17. The Morgan fingerprint density at radius 3 is 2.73 bits per heavy atom. The van der Waals surface area contributed by atoms with Crippen molar-refractivity contribution in [1.29, 1.82) is 0 Å². The molecule has 26 heavy (non-hydrogen) atoms. The van der Waals surface area contributed by atoms with Crippen LogP contribution in [0.25, 0.3) is 11.3 Å². The summed E-state index contributed by atoms with van der Waals surface area (Å²) >= 11 is 1.35. The summed E-state index contributed by atoms with van der Waals surface area (Å²) in [5, 5.41) is 7.72. The highest BCUT2D eigenvalue weighted by Crippen LogP contribution is 2.28. The number of furan rings is 1. The summed E-state index contributed by atoms with van der Waals surface area (Å²) in [6.07, 6.45) is 1.41. The van der Waals surface area contributed by atoms with E-state index < -0.39 is 11.9 Å². The van der Waals surface area contributed by atoms with Crippen molar-refractivity contribution in [2.24, 2.45) is 0 Å². The topological polar surface area (TPSA) is 84.2 Å². The van der Waals surface area contributed by atoms with Crippen LogP contribution in [0.15, 0.2) is 46.4 Å². The molecule has 1 unspecified atom stereocenters. The average Bonchev–Trinajstić information content (AvgIpc) is 3.26. The number of rotatable bonds is 5. The van der Waals surface area contributed by atoms with Crippen molar-refractivity contribution in [3.05, 3.63) is 58.9 Å². The first-order valence-corrected chi connectivity index (χ1v) is 9.00. The second-order valence-corrected chi connectivity index (χ2v) is 6.88. The van der Waals surface area contributed by atoms with Crippen LogP contribution in [0.4, 0.5) is 5.13 Å². The normalized spacial score (nSPS) is 11.8. The van der Waals surface area contributed by atoms with Gasteiger partial charge in [-0.2, -0.15) is 0 Å². The molecule has 0 fully saturated rings. The summed E-state index contributed by atoms with van der Waals surface area (Å²) in [6, 6.07) is 8.59. The molecule has 134 valence electrons. The largest absolute Gasteiger partial charge is 0.459 e. The molecule has 3 aromatic rings. The Bertz CT molecular complexity index is 931. The number of nitrogens with one attached hydrogen (secondary N) is 2. The van der Waals surface area contributed by atoms with E-state index in [9.17, 15) is 9.59 Å². The zero-order valence-electron chi connectivity index (χ0n) is 14.7. The lowest BCUT2D eigenvalue weighted by Gasteiger charge is -2.11. The van der Waals surface area contributed by atoms with Gasteiger partial charge >= 0.3 is 0 Å². The third kappa shape index (κ3) is 4.00. The van der Waals surface area contributed by atoms with Gasteiger partial charge in [-0.25, -0.2) is 4.98 Å². The predicted molar refractivity (Wildman–Crippen MR) is 101 cm³/mol. The molecule has 0 saturated carbocycles. The predicted octanol–water partition coefficient (Wildman–Crippen LogP) is 3.78. The molecule has 0 spiro atoms. The van der Waals surface area contributed by atoms with Gasteiger partial charge in [0.05, 0.1) is 12.0 Å². The van der Waals surface area contributed by atoms with E-state index in [1.165, 1.54) is 29.2 Å². The molecule has 0 radical (unpaired) electrons. The van der Waals surface area contributed by atoms with E-state index in [4.69, 9.17) is 4.42 Å².